The number of carbonyl (C=O) groups is 1. The van der Waals surface area contributed by atoms with E-state index >= 15 is 0 Å². The molecule has 6 nitrogen and oxygen atoms in total. The zero-order valence-electron chi connectivity index (χ0n) is 15.9. The van der Waals surface area contributed by atoms with Crippen LogP contribution in [0.1, 0.15) is 45.6 Å². The fourth-order valence-corrected chi connectivity index (χ4v) is 4.31. The molecule has 2 atom stereocenters. The van der Waals surface area contributed by atoms with Crippen molar-refractivity contribution < 1.29 is 4.79 Å². The lowest BCUT2D eigenvalue weighted by Gasteiger charge is -2.34. The lowest BCUT2D eigenvalue weighted by atomic mass is 9.92. The molecule has 2 aromatic rings. The second-order valence-electron chi connectivity index (χ2n) is 7.65. The van der Waals surface area contributed by atoms with E-state index in [0.717, 1.165) is 18.8 Å². The molecule has 1 amide bonds. The van der Waals surface area contributed by atoms with Gasteiger partial charge in [-0.3, -0.25) is 4.79 Å². The molecule has 1 aliphatic rings. The predicted octanol–water partition coefficient (Wildman–Crippen LogP) is 3.38. The van der Waals surface area contributed by atoms with E-state index in [4.69, 9.17) is 0 Å². The minimum Gasteiger partial charge on any atom is -0.341 e. The molecule has 140 valence electrons. The maximum atomic E-state index is 12.6. The standard InChI is InChI=1S/C19H27N5OS/c1-13(2)16-5-7-17(8-6-16)24-19(20-21-22-24)26-12-18(25)23-10-14(3)9-15(4)11-23/h5-8,13-15H,9-12H2,1-4H3/t14-,15-/m1/s1. The van der Waals surface area contributed by atoms with Gasteiger partial charge in [0.2, 0.25) is 11.1 Å². The number of nitrogens with zero attached hydrogens (tertiary/aromatic N) is 5. The summed E-state index contributed by atoms with van der Waals surface area (Å²) in [6.07, 6.45) is 1.20. The first-order valence-corrected chi connectivity index (χ1v) is 10.2. The van der Waals surface area contributed by atoms with Crippen molar-refractivity contribution >= 4 is 17.7 Å². The zero-order valence-corrected chi connectivity index (χ0v) is 16.7. The number of rotatable bonds is 5. The molecule has 0 unspecified atom stereocenters. The highest BCUT2D eigenvalue weighted by molar-refractivity contribution is 7.99. The average Bonchev–Trinajstić information content (AvgIpc) is 3.07. The highest BCUT2D eigenvalue weighted by Crippen LogP contribution is 2.24. The van der Waals surface area contributed by atoms with Crippen molar-refractivity contribution in [1.29, 1.82) is 0 Å². The third-order valence-electron chi connectivity index (χ3n) is 4.79. The van der Waals surface area contributed by atoms with E-state index in [2.05, 4.69) is 55.4 Å². The number of piperidine rings is 1. The van der Waals surface area contributed by atoms with Crippen molar-refractivity contribution in [1.82, 2.24) is 25.1 Å². The van der Waals surface area contributed by atoms with Crippen LogP contribution in [0.15, 0.2) is 29.4 Å². The van der Waals surface area contributed by atoms with Gasteiger partial charge in [0, 0.05) is 13.1 Å². The van der Waals surface area contributed by atoms with E-state index in [1.807, 2.05) is 17.0 Å². The summed E-state index contributed by atoms with van der Waals surface area (Å²) in [6.45, 7) is 10.5. The van der Waals surface area contributed by atoms with E-state index in [9.17, 15) is 4.79 Å². The lowest BCUT2D eigenvalue weighted by Crippen LogP contribution is -2.43. The lowest BCUT2D eigenvalue weighted by molar-refractivity contribution is -0.130. The van der Waals surface area contributed by atoms with Crippen LogP contribution < -0.4 is 0 Å². The summed E-state index contributed by atoms with van der Waals surface area (Å²) >= 11 is 1.40. The van der Waals surface area contributed by atoms with E-state index in [1.165, 1.54) is 23.7 Å². The Morgan fingerprint density at radius 1 is 1.19 bits per heavy atom. The summed E-state index contributed by atoms with van der Waals surface area (Å²) < 4.78 is 1.70. The van der Waals surface area contributed by atoms with Gasteiger partial charge in [-0.2, -0.15) is 4.68 Å². The smallest absolute Gasteiger partial charge is 0.233 e. The number of benzene rings is 1. The molecule has 2 heterocycles. The third kappa shape index (κ3) is 4.44. The molecule has 0 bridgehead atoms. The Labute approximate surface area is 159 Å². The molecular weight excluding hydrogens is 346 g/mol. The first-order chi connectivity index (χ1) is 12.4. The quantitative estimate of drug-likeness (QED) is 0.752. The van der Waals surface area contributed by atoms with Gasteiger partial charge < -0.3 is 4.90 Å². The van der Waals surface area contributed by atoms with Crippen LogP contribution in [0.2, 0.25) is 0 Å². The normalized spacial score (nSPS) is 20.6. The summed E-state index contributed by atoms with van der Waals surface area (Å²) in [5.74, 6) is 2.15. The summed E-state index contributed by atoms with van der Waals surface area (Å²) in [5.41, 5.74) is 2.19. The summed E-state index contributed by atoms with van der Waals surface area (Å²) in [6, 6.07) is 8.23. The number of thioether (sulfide) groups is 1. The molecule has 0 N–H and O–H groups in total. The zero-order chi connectivity index (χ0) is 18.7. The fourth-order valence-electron chi connectivity index (χ4n) is 3.52. The highest BCUT2D eigenvalue weighted by atomic mass is 32.2. The van der Waals surface area contributed by atoms with Gasteiger partial charge in [0.25, 0.3) is 0 Å². The van der Waals surface area contributed by atoms with E-state index < -0.39 is 0 Å². The molecule has 0 saturated carbocycles. The van der Waals surface area contributed by atoms with E-state index in [0.29, 0.717) is 28.7 Å². The molecule has 26 heavy (non-hydrogen) atoms. The molecule has 0 spiro atoms. The van der Waals surface area contributed by atoms with Crippen LogP contribution in [0.25, 0.3) is 5.69 Å². The van der Waals surface area contributed by atoms with Crippen LogP contribution in [-0.2, 0) is 4.79 Å². The Balaban J connectivity index is 1.64. The van der Waals surface area contributed by atoms with E-state index in [1.54, 1.807) is 4.68 Å². The molecule has 1 aromatic heterocycles. The van der Waals surface area contributed by atoms with Gasteiger partial charge in [-0.05, 0) is 52.3 Å². The molecule has 1 saturated heterocycles. The Kier molecular flexibility index (Phi) is 5.96. The number of likely N-dealkylation sites (tertiary alicyclic amines) is 1. The predicted molar refractivity (Wildman–Crippen MR) is 103 cm³/mol. The SMILES string of the molecule is CC(C)c1ccc(-n2nnnc2SCC(=O)N2C[C@H](C)C[C@@H](C)C2)cc1. The van der Waals surface area contributed by atoms with Crippen LogP contribution in [0.5, 0.6) is 0 Å². The molecule has 1 aromatic carbocycles. The average molecular weight is 374 g/mol. The fraction of sp³-hybridized carbons (Fsp3) is 0.579. The third-order valence-corrected chi connectivity index (χ3v) is 5.70. The van der Waals surface area contributed by atoms with Crippen LogP contribution in [0, 0.1) is 11.8 Å². The maximum Gasteiger partial charge on any atom is 0.233 e. The summed E-state index contributed by atoms with van der Waals surface area (Å²) in [4.78, 5) is 14.6. The molecule has 1 aliphatic heterocycles. The Hall–Kier alpha value is -1.89. The first-order valence-electron chi connectivity index (χ1n) is 9.23. The Morgan fingerprint density at radius 3 is 2.46 bits per heavy atom. The number of aromatic nitrogens is 4. The van der Waals surface area contributed by atoms with Gasteiger partial charge in [0.1, 0.15) is 0 Å². The van der Waals surface area contributed by atoms with Gasteiger partial charge in [-0.25, -0.2) is 0 Å². The van der Waals surface area contributed by atoms with Crippen LogP contribution >= 0.6 is 11.8 Å². The van der Waals surface area contributed by atoms with Gasteiger partial charge in [0.15, 0.2) is 0 Å². The molecule has 7 heteroatoms. The Morgan fingerprint density at radius 2 is 1.85 bits per heavy atom. The largest absolute Gasteiger partial charge is 0.341 e. The minimum absolute atomic E-state index is 0.165. The van der Waals surface area contributed by atoms with E-state index in [-0.39, 0.29) is 5.91 Å². The minimum atomic E-state index is 0.165. The van der Waals surface area contributed by atoms with Crippen molar-refractivity contribution in [2.75, 3.05) is 18.8 Å². The second-order valence-corrected chi connectivity index (χ2v) is 8.60. The summed E-state index contributed by atoms with van der Waals surface area (Å²) in [7, 11) is 0. The number of hydrogen-bond donors (Lipinski definition) is 0. The van der Waals surface area contributed by atoms with Crippen molar-refractivity contribution in [3.05, 3.63) is 29.8 Å². The topological polar surface area (TPSA) is 63.9 Å². The maximum absolute atomic E-state index is 12.6. The van der Waals surface area contributed by atoms with Crippen LogP contribution in [0.3, 0.4) is 0 Å². The van der Waals surface area contributed by atoms with Crippen molar-refractivity contribution in [2.24, 2.45) is 11.8 Å². The molecule has 3 rings (SSSR count). The molecular formula is C19H27N5OS. The number of carbonyl (C=O) groups excluding carboxylic acids is 1. The van der Waals surface area contributed by atoms with Gasteiger partial charge >= 0.3 is 0 Å². The van der Waals surface area contributed by atoms with Crippen molar-refractivity contribution in [3.63, 3.8) is 0 Å². The number of amides is 1. The van der Waals surface area contributed by atoms with Gasteiger partial charge in [0.05, 0.1) is 11.4 Å². The van der Waals surface area contributed by atoms with Crippen LogP contribution in [0.4, 0.5) is 0 Å². The van der Waals surface area contributed by atoms with Gasteiger partial charge in [-0.1, -0.05) is 51.6 Å². The number of hydrogen-bond acceptors (Lipinski definition) is 5. The first kappa shape index (κ1) is 18.9. The Bertz CT molecular complexity index is 733. The van der Waals surface area contributed by atoms with Crippen molar-refractivity contribution in [2.45, 2.75) is 45.2 Å². The van der Waals surface area contributed by atoms with Crippen LogP contribution in [-0.4, -0.2) is 49.9 Å². The molecule has 0 radical (unpaired) electrons. The second kappa shape index (κ2) is 8.20. The summed E-state index contributed by atoms with van der Waals surface area (Å²) in [5, 5.41) is 12.6. The van der Waals surface area contributed by atoms with Crippen molar-refractivity contribution in [3.8, 4) is 5.69 Å². The number of tetrazole rings is 1. The molecule has 0 aliphatic carbocycles. The molecule has 1 fully saturated rings. The highest BCUT2D eigenvalue weighted by Gasteiger charge is 2.25. The van der Waals surface area contributed by atoms with Gasteiger partial charge in [-0.15, -0.1) is 5.10 Å². The monoisotopic (exact) mass is 373 g/mol.